The van der Waals surface area contributed by atoms with Crippen LogP contribution in [0, 0.1) is 29.0 Å². The molecule has 2 rings (SSSR count). The van der Waals surface area contributed by atoms with Crippen LogP contribution in [0.4, 0.5) is 4.39 Å². The Morgan fingerprint density at radius 2 is 1.82 bits per heavy atom. The molecule has 0 amide bonds. The van der Waals surface area contributed by atoms with E-state index in [2.05, 4.69) is 16.8 Å². The Labute approximate surface area is 98.4 Å². The van der Waals surface area contributed by atoms with Crippen molar-refractivity contribution in [2.75, 3.05) is 0 Å². The van der Waals surface area contributed by atoms with Crippen molar-refractivity contribution >= 4 is 0 Å². The van der Waals surface area contributed by atoms with Gasteiger partial charge in [0.1, 0.15) is 5.82 Å². The van der Waals surface area contributed by atoms with Crippen LogP contribution in [-0.4, -0.2) is 4.98 Å². The van der Waals surface area contributed by atoms with Gasteiger partial charge in [-0.05, 0) is 30.3 Å². The fourth-order valence-corrected chi connectivity index (χ4v) is 1.31. The summed E-state index contributed by atoms with van der Waals surface area (Å²) in [6, 6.07) is 9.49. The number of hydrogen-bond acceptors (Lipinski definition) is 2. The lowest BCUT2D eigenvalue weighted by Crippen LogP contribution is -1.83. The second-order valence-corrected chi connectivity index (χ2v) is 3.33. The SMILES string of the molecule is N#Cc1cc([18F])cc(C#Cc2cccnc2)c1. The molecular formula is C14H7FN2. The average molecular weight is 221 g/mol. The van der Waals surface area contributed by atoms with Crippen LogP contribution in [0.25, 0.3) is 0 Å². The third-order valence-electron chi connectivity index (χ3n) is 2.04. The molecule has 2 nitrogen and oxygen atoms in total. The van der Waals surface area contributed by atoms with Crippen LogP contribution in [0.1, 0.15) is 16.7 Å². The Bertz CT molecular complexity index is 631. The topological polar surface area (TPSA) is 36.7 Å². The highest BCUT2D eigenvalue weighted by molar-refractivity contribution is 5.45. The van der Waals surface area contributed by atoms with Crippen LogP contribution in [-0.2, 0) is 0 Å². The quantitative estimate of drug-likeness (QED) is 0.641. The van der Waals surface area contributed by atoms with Gasteiger partial charge in [-0.15, -0.1) is 0 Å². The predicted octanol–water partition coefficient (Wildman–Crippen LogP) is 2.49. The van der Waals surface area contributed by atoms with Crippen molar-refractivity contribution in [3.8, 4) is 17.9 Å². The largest absolute Gasteiger partial charge is 0.263 e. The molecular weight excluding hydrogens is 214 g/mol. The van der Waals surface area contributed by atoms with Crippen LogP contribution in [0.5, 0.6) is 0 Å². The van der Waals surface area contributed by atoms with Crippen LogP contribution < -0.4 is 0 Å². The summed E-state index contributed by atoms with van der Waals surface area (Å²) >= 11 is 0. The number of nitrogens with zero attached hydrogens (tertiary/aromatic N) is 2. The van der Waals surface area contributed by atoms with Crippen LogP contribution in [0.2, 0.25) is 0 Å². The zero-order valence-corrected chi connectivity index (χ0v) is 8.81. The molecule has 0 aliphatic rings. The van der Waals surface area contributed by atoms with E-state index in [1.54, 1.807) is 24.5 Å². The van der Waals surface area contributed by atoms with E-state index in [0.717, 1.165) is 5.56 Å². The standard InChI is InChI=1S/C14H7FN2/c15-14-7-12(6-13(8-14)9-16)4-3-11-2-1-5-17-10-11/h1-2,5-8,10H/i15-1. The first-order chi connectivity index (χ1) is 8.28. The molecule has 0 N–H and O–H groups in total. The van der Waals surface area contributed by atoms with E-state index in [0.29, 0.717) is 5.56 Å². The smallest absolute Gasteiger partial charge is 0.125 e. The number of hydrogen-bond donors (Lipinski definition) is 0. The molecule has 0 atom stereocenters. The van der Waals surface area contributed by atoms with Gasteiger partial charge in [-0.1, -0.05) is 11.8 Å². The van der Waals surface area contributed by atoms with Crippen LogP contribution in [0.15, 0.2) is 42.7 Å². The van der Waals surface area contributed by atoms with Crippen molar-refractivity contribution in [1.29, 1.82) is 5.26 Å². The van der Waals surface area contributed by atoms with Crippen molar-refractivity contribution in [2.24, 2.45) is 0 Å². The van der Waals surface area contributed by atoms with E-state index < -0.39 is 5.82 Å². The second kappa shape index (κ2) is 4.92. The van der Waals surface area contributed by atoms with Gasteiger partial charge in [0.05, 0.1) is 11.6 Å². The minimum Gasteiger partial charge on any atom is -0.263 e. The molecule has 3 heteroatoms. The molecule has 0 saturated carbocycles. The molecule has 17 heavy (non-hydrogen) atoms. The lowest BCUT2D eigenvalue weighted by molar-refractivity contribution is 0.627. The van der Waals surface area contributed by atoms with E-state index in [4.69, 9.17) is 5.26 Å². The first-order valence-corrected chi connectivity index (χ1v) is 4.91. The second-order valence-electron chi connectivity index (χ2n) is 3.33. The third kappa shape index (κ3) is 2.90. The molecule has 0 saturated heterocycles. The Hall–Kier alpha value is -2.65. The Morgan fingerprint density at radius 3 is 2.53 bits per heavy atom. The number of benzene rings is 1. The number of pyridine rings is 1. The highest BCUT2D eigenvalue weighted by atomic mass is 18.2. The summed E-state index contributed by atoms with van der Waals surface area (Å²) in [5.74, 6) is 5.19. The van der Waals surface area contributed by atoms with Gasteiger partial charge in [-0.25, -0.2) is 4.39 Å². The Balaban J connectivity index is 2.35. The number of aromatic nitrogens is 1. The summed E-state index contributed by atoms with van der Waals surface area (Å²) in [5.41, 5.74) is 1.49. The predicted molar refractivity (Wildman–Crippen MR) is 61.3 cm³/mol. The van der Waals surface area contributed by atoms with Crippen LogP contribution in [0.3, 0.4) is 0 Å². The summed E-state index contributed by atoms with van der Waals surface area (Å²) < 4.78 is 13.1. The summed E-state index contributed by atoms with van der Waals surface area (Å²) in [7, 11) is 0. The van der Waals surface area contributed by atoms with Crippen molar-refractivity contribution in [3.63, 3.8) is 0 Å². The van der Waals surface area contributed by atoms with Gasteiger partial charge in [-0.3, -0.25) is 4.98 Å². The molecule has 2 aromatic rings. The maximum absolute atomic E-state index is 13.1. The molecule has 80 valence electrons. The van der Waals surface area contributed by atoms with Gasteiger partial charge in [0.2, 0.25) is 0 Å². The van der Waals surface area contributed by atoms with Gasteiger partial charge >= 0.3 is 0 Å². The maximum Gasteiger partial charge on any atom is 0.125 e. The lowest BCUT2D eigenvalue weighted by Gasteiger charge is -1.93. The first kappa shape index (κ1) is 10.9. The van der Waals surface area contributed by atoms with Crippen molar-refractivity contribution in [2.45, 2.75) is 0 Å². The highest BCUT2D eigenvalue weighted by Gasteiger charge is 1.97. The zero-order valence-electron chi connectivity index (χ0n) is 8.81. The molecule has 1 aromatic carbocycles. The summed E-state index contributed by atoms with van der Waals surface area (Å²) in [5, 5.41) is 8.70. The van der Waals surface area contributed by atoms with Crippen molar-refractivity contribution < 1.29 is 4.39 Å². The van der Waals surface area contributed by atoms with Gasteiger partial charge < -0.3 is 0 Å². The molecule has 0 aliphatic heterocycles. The molecule has 0 fully saturated rings. The summed E-state index contributed by atoms with van der Waals surface area (Å²) in [4.78, 5) is 3.92. The highest BCUT2D eigenvalue weighted by Crippen LogP contribution is 2.07. The van der Waals surface area contributed by atoms with E-state index in [-0.39, 0.29) is 5.56 Å². The minimum atomic E-state index is -0.459. The van der Waals surface area contributed by atoms with Gasteiger partial charge in [0.15, 0.2) is 0 Å². The zero-order chi connectivity index (χ0) is 12.1. The van der Waals surface area contributed by atoms with Crippen molar-refractivity contribution in [1.82, 2.24) is 4.98 Å². The van der Waals surface area contributed by atoms with E-state index >= 15 is 0 Å². The number of nitriles is 1. The van der Waals surface area contributed by atoms with Gasteiger partial charge in [0.25, 0.3) is 0 Å². The third-order valence-corrected chi connectivity index (χ3v) is 2.04. The fraction of sp³-hybridized carbons (Fsp3) is 0. The lowest BCUT2D eigenvalue weighted by atomic mass is 10.1. The van der Waals surface area contributed by atoms with Gasteiger partial charge in [-0.2, -0.15) is 5.26 Å². The maximum atomic E-state index is 13.1. The monoisotopic (exact) mass is 221 g/mol. The molecule has 0 radical (unpaired) electrons. The molecule has 0 spiro atoms. The molecule has 0 bridgehead atoms. The number of rotatable bonds is 0. The molecule has 1 aromatic heterocycles. The normalized spacial score (nSPS) is 8.94. The average Bonchev–Trinajstić information content (AvgIpc) is 2.37. The van der Waals surface area contributed by atoms with Crippen LogP contribution >= 0.6 is 0 Å². The first-order valence-electron chi connectivity index (χ1n) is 4.91. The minimum absolute atomic E-state index is 0.264. The summed E-state index contributed by atoms with van der Waals surface area (Å²) in [6.07, 6.45) is 3.28. The van der Waals surface area contributed by atoms with E-state index in [1.165, 1.54) is 12.1 Å². The van der Waals surface area contributed by atoms with Gasteiger partial charge in [0, 0.05) is 23.5 Å². The molecule has 0 aliphatic carbocycles. The van der Waals surface area contributed by atoms with Crippen molar-refractivity contribution in [3.05, 3.63) is 65.2 Å². The van der Waals surface area contributed by atoms with E-state index in [9.17, 15) is 4.39 Å². The molecule has 1 heterocycles. The number of halogens is 1. The Kier molecular flexibility index (Phi) is 3.14. The molecule has 0 unspecified atom stereocenters. The van der Waals surface area contributed by atoms with E-state index in [1.807, 2.05) is 12.1 Å². The Morgan fingerprint density at radius 1 is 1.06 bits per heavy atom. The fourth-order valence-electron chi connectivity index (χ4n) is 1.31. The summed E-state index contributed by atoms with van der Waals surface area (Å²) in [6.45, 7) is 0.